The summed E-state index contributed by atoms with van der Waals surface area (Å²) in [5.41, 5.74) is 0. The van der Waals surface area contributed by atoms with Gasteiger partial charge < -0.3 is 4.74 Å². The third kappa shape index (κ3) is 12.8. The maximum absolute atomic E-state index is 11.2. The number of hydrogen-bond donors (Lipinski definition) is 0. The molecule has 2 unspecified atom stereocenters. The van der Waals surface area contributed by atoms with E-state index in [4.69, 9.17) is 4.74 Å². The predicted octanol–water partition coefficient (Wildman–Crippen LogP) is 7.98. The van der Waals surface area contributed by atoms with E-state index in [1.165, 1.54) is 109 Å². The Labute approximate surface area is 163 Å². The molecule has 0 amide bonds. The van der Waals surface area contributed by atoms with Crippen LogP contribution in [0.5, 0.6) is 0 Å². The van der Waals surface area contributed by atoms with E-state index in [0.29, 0.717) is 12.3 Å². The first-order valence-electron chi connectivity index (χ1n) is 11.9. The lowest BCUT2D eigenvalue weighted by molar-refractivity contribution is -0.157. The van der Waals surface area contributed by atoms with Gasteiger partial charge >= 0.3 is 5.97 Å². The van der Waals surface area contributed by atoms with Gasteiger partial charge in [0.2, 0.25) is 0 Å². The summed E-state index contributed by atoms with van der Waals surface area (Å²) in [5, 5.41) is 0. The van der Waals surface area contributed by atoms with Crippen LogP contribution in [0.25, 0.3) is 0 Å². The van der Waals surface area contributed by atoms with Gasteiger partial charge in [-0.05, 0) is 25.7 Å². The molecule has 0 aromatic carbocycles. The van der Waals surface area contributed by atoms with Crippen molar-refractivity contribution in [1.82, 2.24) is 0 Å². The Morgan fingerprint density at radius 1 is 0.731 bits per heavy atom. The average molecular weight is 367 g/mol. The Kier molecular flexibility index (Phi) is 15.0. The van der Waals surface area contributed by atoms with E-state index in [2.05, 4.69) is 13.8 Å². The fourth-order valence-electron chi connectivity index (χ4n) is 4.23. The smallest absolute Gasteiger partial charge is 0.306 e. The van der Waals surface area contributed by atoms with Crippen molar-refractivity contribution >= 4 is 5.97 Å². The standard InChI is InChI=1S/C24H46O2/c1-3-4-5-6-7-8-9-10-11-12-13-14-15-16-17-18-19-23-20-21-24(25)26-22(23)2/h22-23H,3-21H2,1-2H3. The third-order valence-electron chi connectivity index (χ3n) is 6.13. The van der Waals surface area contributed by atoms with E-state index >= 15 is 0 Å². The minimum Gasteiger partial charge on any atom is -0.462 e. The average Bonchev–Trinajstić information content (AvgIpc) is 2.63. The van der Waals surface area contributed by atoms with Gasteiger partial charge in [-0.2, -0.15) is 0 Å². The molecule has 26 heavy (non-hydrogen) atoms. The van der Waals surface area contributed by atoms with Gasteiger partial charge in [-0.25, -0.2) is 0 Å². The topological polar surface area (TPSA) is 26.3 Å². The SMILES string of the molecule is CCCCCCCCCCCCCCCCCCC1CCC(=O)OC1C. The van der Waals surface area contributed by atoms with E-state index in [-0.39, 0.29) is 12.1 Å². The van der Waals surface area contributed by atoms with E-state index in [0.717, 1.165) is 6.42 Å². The van der Waals surface area contributed by atoms with E-state index in [1.54, 1.807) is 0 Å². The van der Waals surface area contributed by atoms with Crippen LogP contribution in [0.3, 0.4) is 0 Å². The molecule has 1 saturated heterocycles. The highest BCUT2D eigenvalue weighted by Gasteiger charge is 2.26. The number of carbonyl (C=O) groups is 1. The molecule has 1 fully saturated rings. The van der Waals surface area contributed by atoms with Crippen molar-refractivity contribution in [2.24, 2.45) is 5.92 Å². The first-order valence-corrected chi connectivity index (χ1v) is 11.9. The van der Waals surface area contributed by atoms with E-state index in [9.17, 15) is 4.79 Å². The summed E-state index contributed by atoms with van der Waals surface area (Å²) in [6.07, 6.45) is 25.8. The van der Waals surface area contributed by atoms with Crippen molar-refractivity contribution < 1.29 is 9.53 Å². The second kappa shape index (κ2) is 16.6. The first-order chi connectivity index (χ1) is 12.7. The van der Waals surface area contributed by atoms with Crippen LogP contribution in [-0.4, -0.2) is 12.1 Å². The second-order valence-electron chi connectivity index (χ2n) is 8.59. The van der Waals surface area contributed by atoms with Gasteiger partial charge in [0.25, 0.3) is 0 Å². The molecule has 2 atom stereocenters. The highest BCUT2D eigenvalue weighted by molar-refractivity contribution is 5.70. The highest BCUT2D eigenvalue weighted by atomic mass is 16.5. The summed E-state index contributed by atoms with van der Waals surface area (Å²) in [4.78, 5) is 11.2. The molecule has 0 saturated carbocycles. The molecule has 1 aliphatic heterocycles. The molecular weight excluding hydrogens is 320 g/mol. The molecule has 0 aliphatic carbocycles. The van der Waals surface area contributed by atoms with Crippen molar-refractivity contribution in [3.8, 4) is 0 Å². The number of ether oxygens (including phenoxy) is 1. The molecule has 0 aromatic heterocycles. The Morgan fingerprint density at radius 2 is 1.15 bits per heavy atom. The molecule has 1 heterocycles. The van der Waals surface area contributed by atoms with Crippen molar-refractivity contribution in [3.05, 3.63) is 0 Å². The monoisotopic (exact) mass is 366 g/mol. The lowest BCUT2D eigenvalue weighted by atomic mass is 9.89. The van der Waals surface area contributed by atoms with Crippen LogP contribution < -0.4 is 0 Å². The molecule has 1 aliphatic rings. The number of esters is 1. The number of cyclic esters (lactones) is 1. The van der Waals surface area contributed by atoms with E-state index < -0.39 is 0 Å². The lowest BCUT2D eigenvalue weighted by Gasteiger charge is -2.28. The zero-order valence-corrected chi connectivity index (χ0v) is 17.9. The molecule has 1 rings (SSSR count). The van der Waals surface area contributed by atoms with Gasteiger partial charge in [0.05, 0.1) is 0 Å². The zero-order chi connectivity index (χ0) is 18.9. The van der Waals surface area contributed by atoms with Crippen LogP contribution in [0.2, 0.25) is 0 Å². The maximum Gasteiger partial charge on any atom is 0.306 e. The zero-order valence-electron chi connectivity index (χ0n) is 17.9. The van der Waals surface area contributed by atoms with Crippen LogP contribution in [0.15, 0.2) is 0 Å². The quantitative estimate of drug-likeness (QED) is 0.193. The summed E-state index contributed by atoms with van der Waals surface area (Å²) in [6, 6.07) is 0. The van der Waals surface area contributed by atoms with Crippen LogP contribution in [0, 0.1) is 5.92 Å². The van der Waals surface area contributed by atoms with Gasteiger partial charge in [0.1, 0.15) is 6.10 Å². The van der Waals surface area contributed by atoms with Gasteiger partial charge in [-0.15, -0.1) is 0 Å². The van der Waals surface area contributed by atoms with Crippen molar-refractivity contribution in [2.45, 2.75) is 142 Å². The Balaban J connectivity index is 1.74. The molecule has 154 valence electrons. The minimum absolute atomic E-state index is 0.000670. The summed E-state index contributed by atoms with van der Waals surface area (Å²) in [5.74, 6) is 0.611. The third-order valence-corrected chi connectivity index (χ3v) is 6.13. The van der Waals surface area contributed by atoms with Crippen molar-refractivity contribution in [1.29, 1.82) is 0 Å². The van der Waals surface area contributed by atoms with E-state index in [1.807, 2.05) is 0 Å². The minimum atomic E-state index is 0.000670. The number of carbonyl (C=O) groups excluding carboxylic acids is 1. The Bertz CT molecular complexity index is 326. The van der Waals surface area contributed by atoms with Crippen LogP contribution in [0.1, 0.15) is 136 Å². The van der Waals surface area contributed by atoms with Crippen LogP contribution in [0.4, 0.5) is 0 Å². The molecular formula is C24H46O2. The maximum atomic E-state index is 11.2. The normalized spacial score (nSPS) is 20.3. The van der Waals surface area contributed by atoms with Crippen molar-refractivity contribution in [3.63, 3.8) is 0 Å². The Morgan fingerprint density at radius 3 is 1.58 bits per heavy atom. The predicted molar refractivity (Wildman–Crippen MR) is 112 cm³/mol. The fourth-order valence-corrected chi connectivity index (χ4v) is 4.23. The second-order valence-corrected chi connectivity index (χ2v) is 8.59. The summed E-state index contributed by atoms with van der Waals surface area (Å²) in [6.45, 7) is 4.35. The van der Waals surface area contributed by atoms with Gasteiger partial charge in [0, 0.05) is 6.42 Å². The molecule has 0 radical (unpaired) electrons. The molecule has 0 aromatic rings. The van der Waals surface area contributed by atoms with Crippen molar-refractivity contribution in [2.75, 3.05) is 0 Å². The van der Waals surface area contributed by atoms with Crippen LogP contribution >= 0.6 is 0 Å². The first kappa shape index (κ1) is 23.5. The highest BCUT2D eigenvalue weighted by Crippen LogP contribution is 2.26. The molecule has 0 spiro atoms. The molecule has 0 bridgehead atoms. The summed E-state index contributed by atoms with van der Waals surface area (Å²) < 4.78 is 5.34. The molecule has 2 heteroatoms. The lowest BCUT2D eigenvalue weighted by Crippen LogP contribution is -2.29. The summed E-state index contributed by atoms with van der Waals surface area (Å²) in [7, 11) is 0. The number of rotatable bonds is 17. The van der Waals surface area contributed by atoms with Gasteiger partial charge in [-0.1, -0.05) is 110 Å². The Hall–Kier alpha value is -0.530. The van der Waals surface area contributed by atoms with Crippen LogP contribution in [-0.2, 0) is 9.53 Å². The fraction of sp³-hybridized carbons (Fsp3) is 0.958. The molecule has 2 nitrogen and oxygen atoms in total. The van der Waals surface area contributed by atoms with Gasteiger partial charge in [0.15, 0.2) is 0 Å². The number of unbranched alkanes of at least 4 members (excludes halogenated alkanes) is 15. The molecule has 0 N–H and O–H groups in total. The van der Waals surface area contributed by atoms with Gasteiger partial charge in [-0.3, -0.25) is 4.79 Å². The largest absolute Gasteiger partial charge is 0.462 e. The summed E-state index contributed by atoms with van der Waals surface area (Å²) >= 11 is 0. The number of hydrogen-bond acceptors (Lipinski definition) is 2.